The summed E-state index contributed by atoms with van der Waals surface area (Å²) in [7, 11) is 0. The molecule has 2 heterocycles. The molecule has 2 saturated heterocycles. The maximum atomic E-state index is 6.21. The van der Waals surface area contributed by atoms with E-state index in [1.165, 1.54) is 32.4 Å². The van der Waals surface area contributed by atoms with E-state index in [2.05, 4.69) is 44.8 Å². The zero-order chi connectivity index (χ0) is 14.8. The van der Waals surface area contributed by atoms with Crippen LogP contribution in [0.2, 0.25) is 0 Å². The molecule has 118 valence electrons. The Morgan fingerprint density at radius 1 is 1.15 bits per heavy atom. The van der Waals surface area contributed by atoms with Gasteiger partial charge in [0.2, 0.25) is 0 Å². The maximum Gasteiger partial charge on any atom is 0.0707 e. The van der Waals surface area contributed by atoms with Crippen molar-refractivity contribution in [2.75, 3.05) is 26.2 Å². The molecule has 0 saturated carbocycles. The predicted octanol–water partition coefficient (Wildman–Crippen LogP) is 2.90. The molecule has 0 aromatic heterocycles. The number of ether oxygens (including phenoxy) is 1. The summed E-state index contributed by atoms with van der Waals surface area (Å²) in [4.78, 5) is 2.62. The average Bonchev–Trinajstić information content (AvgIpc) is 2.95. The highest BCUT2D eigenvalue weighted by molar-refractivity contribution is 4.84. The molecule has 2 fully saturated rings. The largest absolute Gasteiger partial charge is 0.372 e. The molecule has 20 heavy (non-hydrogen) atoms. The second kappa shape index (κ2) is 6.76. The molecule has 0 aliphatic carbocycles. The van der Waals surface area contributed by atoms with Crippen molar-refractivity contribution in [1.29, 1.82) is 0 Å². The van der Waals surface area contributed by atoms with E-state index in [0.717, 1.165) is 24.9 Å². The Balaban J connectivity index is 1.66. The quantitative estimate of drug-likeness (QED) is 0.839. The Bertz CT molecular complexity index is 298. The van der Waals surface area contributed by atoms with Gasteiger partial charge in [0.1, 0.15) is 0 Å². The van der Waals surface area contributed by atoms with Crippen LogP contribution in [0.5, 0.6) is 0 Å². The van der Waals surface area contributed by atoms with E-state index < -0.39 is 0 Å². The third-order valence-corrected chi connectivity index (χ3v) is 4.77. The third kappa shape index (κ3) is 5.01. The van der Waals surface area contributed by atoms with Crippen LogP contribution in [0.15, 0.2) is 0 Å². The molecule has 3 nitrogen and oxygen atoms in total. The van der Waals surface area contributed by atoms with Crippen LogP contribution in [0.3, 0.4) is 0 Å². The van der Waals surface area contributed by atoms with E-state index in [0.29, 0.717) is 12.2 Å². The van der Waals surface area contributed by atoms with Crippen LogP contribution in [-0.4, -0.2) is 48.8 Å². The summed E-state index contributed by atoms with van der Waals surface area (Å²) in [6.07, 6.45) is 4.71. The van der Waals surface area contributed by atoms with Crippen molar-refractivity contribution >= 4 is 0 Å². The molecular formula is C17H34N2O. The monoisotopic (exact) mass is 282 g/mol. The summed E-state index contributed by atoms with van der Waals surface area (Å²) in [5.74, 6) is 1.72. The van der Waals surface area contributed by atoms with Gasteiger partial charge in [-0.05, 0) is 58.4 Å². The summed E-state index contributed by atoms with van der Waals surface area (Å²) < 4.78 is 6.21. The highest BCUT2D eigenvalue weighted by atomic mass is 16.5. The van der Waals surface area contributed by atoms with E-state index in [-0.39, 0.29) is 5.54 Å². The minimum Gasteiger partial charge on any atom is -0.372 e. The fourth-order valence-electron chi connectivity index (χ4n) is 3.35. The molecule has 0 spiro atoms. The van der Waals surface area contributed by atoms with Crippen molar-refractivity contribution in [3.63, 3.8) is 0 Å². The highest BCUT2D eigenvalue weighted by Crippen LogP contribution is 2.26. The molecule has 0 aromatic rings. The predicted molar refractivity (Wildman–Crippen MR) is 85.0 cm³/mol. The van der Waals surface area contributed by atoms with Crippen LogP contribution in [0.1, 0.15) is 53.9 Å². The minimum atomic E-state index is 0.195. The van der Waals surface area contributed by atoms with Gasteiger partial charge in [-0.15, -0.1) is 0 Å². The van der Waals surface area contributed by atoms with Crippen molar-refractivity contribution in [3.8, 4) is 0 Å². The molecule has 3 unspecified atom stereocenters. The summed E-state index contributed by atoms with van der Waals surface area (Å²) in [6.45, 7) is 16.1. The van der Waals surface area contributed by atoms with E-state index >= 15 is 0 Å². The van der Waals surface area contributed by atoms with Crippen LogP contribution in [0.4, 0.5) is 0 Å². The van der Waals surface area contributed by atoms with Crippen LogP contribution >= 0.6 is 0 Å². The molecule has 3 heteroatoms. The van der Waals surface area contributed by atoms with E-state index in [9.17, 15) is 0 Å². The molecule has 0 amide bonds. The number of hydrogen-bond donors (Lipinski definition) is 1. The number of likely N-dealkylation sites (tertiary alicyclic amines) is 1. The van der Waals surface area contributed by atoms with Gasteiger partial charge < -0.3 is 15.0 Å². The van der Waals surface area contributed by atoms with Gasteiger partial charge in [-0.2, -0.15) is 0 Å². The number of hydrogen-bond acceptors (Lipinski definition) is 3. The van der Waals surface area contributed by atoms with E-state index in [4.69, 9.17) is 4.74 Å². The Hall–Kier alpha value is -0.120. The van der Waals surface area contributed by atoms with Gasteiger partial charge in [-0.3, -0.25) is 0 Å². The van der Waals surface area contributed by atoms with Crippen LogP contribution < -0.4 is 5.32 Å². The molecule has 0 bridgehead atoms. The third-order valence-electron chi connectivity index (χ3n) is 4.77. The Kier molecular flexibility index (Phi) is 5.49. The molecule has 2 aliphatic rings. The van der Waals surface area contributed by atoms with Crippen LogP contribution in [0, 0.1) is 11.8 Å². The van der Waals surface area contributed by atoms with Gasteiger partial charge in [-0.25, -0.2) is 0 Å². The lowest BCUT2D eigenvalue weighted by Crippen LogP contribution is -2.41. The summed E-state index contributed by atoms with van der Waals surface area (Å²) in [5, 5.41) is 3.56. The van der Waals surface area contributed by atoms with Gasteiger partial charge in [-0.1, -0.05) is 13.8 Å². The normalized spacial score (nSPS) is 32.4. The first-order chi connectivity index (χ1) is 9.33. The topological polar surface area (TPSA) is 24.5 Å². The first-order valence-corrected chi connectivity index (χ1v) is 8.46. The summed E-state index contributed by atoms with van der Waals surface area (Å²) in [6, 6.07) is 0. The molecule has 0 aromatic carbocycles. The second-order valence-electron chi connectivity index (χ2n) is 8.14. The fourth-order valence-corrected chi connectivity index (χ4v) is 3.35. The fraction of sp³-hybridized carbons (Fsp3) is 1.00. The van der Waals surface area contributed by atoms with Crippen molar-refractivity contribution in [3.05, 3.63) is 0 Å². The van der Waals surface area contributed by atoms with Gasteiger partial charge in [0.25, 0.3) is 0 Å². The first-order valence-electron chi connectivity index (χ1n) is 8.46. The first kappa shape index (κ1) is 16.3. The molecule has 2 aliphatic heterocycles. The lowest BCUT2D eigenvalue weighted by atomic mass is 9.95. The lowest BCUT2D eigenvalue weighted by molar-refractivity contribution is 0.0240. The van der Waals surface area contributed by atoms with Crippen molar-refractivity contribution in [2.24, 2.45) is 11.8 Å². The van der Waals surface area contributed by atoms with Gasteiger partial charge >= 0.3 is 0 Å². The van der Waals surface area contributed by atoms with Crippen LogP contribution in [-0.2, 0) is 4.74 Å². The zero-order valence-electron chi connectivity index (χ0n) is 14.1. The van der Waals surface area contributed by atoms with Gasteiger partial charge in [0, 0.05) is 25.2 Å². The van der Waals surface area contributed by atoms with Crippen molar-refractivity contribution < 1.29 is 4.74 Å². The SMILES string of the molecule is CC(C)C1CCN(CC2CCC(CNC(C)(C)C)O2)C1. The standard InChI is InChI=1S/C17H34N2O/c1-13(2)14-8-9-19(11-14)12-16-7-6-15(20-16)10-18-17(3,4)5/h13-16,18H,6-12H2,1-5H3. The van der Waals surface area contributed by atoms with E-state index in [1.54, 1.807) is 0 Å². The average molecular weight is 282 g/mol. The van der Waals surface area contributed by atoms with Gasteiger partial charge in [0.05, 0.1) is 12.2 Å². The van der Waals surface area contributed by atoms with E-state index in [1.807, 2.05) is 0 Å². The lowest BCUT2D eigenvalue weighted by Gasteiger charge is -2.24. The Labute approximate surface area is 125 Å². The molecular weight excluding hydrogens is 248 g/mol. The Morgan fingerprint density at radius 3 is 2.45 bits per heavy atom. The van der Waals surface area contributed by atoms with Crippen LogP contribution in [0.25, 0.3) is 0 Å². The summed E-state index contributed by atoms with van der Waals surface area (Å²) in [5.41, 5.74) is 0.195. The maximum absolute atomic E-state index is 6.21. The summed E-state index contributed by atoms with van der Waals surface area (Å²) >= 11 is 0. The van der Waals surface area contributed by atoms with Crippen molar-refractivity contribution in [2.45, 2.75) is 71.6 Å². The second-order valence-corrected chi connectivity index (χ2v) is 8.14. The molecule has 0 radical (unpaired) electrons. The Morgan fingerprint density at radius 2 is 1.85 bits per heavy atom. The molecule has 1 N–H and O–H groups in total. The highest BCUT2D eigenvalue weighted by Gasteiger charge is 2.31. The van der Waals surface area contributed by atoms with Gasteiger partial charge in [0.15, 0.2) is 0 Å². The molecule has 3 atom stereocenters. The molecule has 2 rings (SSSR count). The number of rotatable bonds is 5. The minimum absolute atomic E-state index is 0.195. The zero-order valence-corrected chi connectivity index (χ0v) is 14.1. The number of nitrogens with one attached hydrogen (secondary N) is 1. The smallest absolute Gasteiger partial charge is 0.0707 e. The van der Waals surface area contributed by atoms with Crippen molar-refractivity contribution in [1.82, 2.24) is 10.2 Å². The number of nitrogens with zero attached hydrogens (tertiary/aromatic N) is 1.